The van der Waals surface area contributed by atoms with Crippen LogP contribution in [-0.4, -0.2) is 30.8 Å². The average molecular weight is 681 g/mol. The van der Waals surface area contributed by atoms with Crippen molar-refractivity contribution in [2.24, 2.45) is 0 Å². The molecule has 3 aromatic rings. The van der Waals surface area contributed by atoms with Crippen molar-refractivity contribution in [2.75, 3.05) is 6.61 Å². The van der Waals surface area contributed by atoms with Gasteiger partial charge in [-0.25, -0.2) is 9.59 Å². The van der Waals surface area contributed by atoms with E-state index < -0.39 is 53.7 Å². The van der Waals surface area contributed by atoms with E-state index in [1.54, 1.807) is 12.1 Å². The summed E-state index contributed by atoms with van der Waals surface area (Å²) in [4.78, 5) is 25.3. The van der Waals surface area contributed by atoms with Crippen molar-refractivity contribution in [2.45, 2.75) is 103 Å². The molecule has 48 heavy (non-hydrogen) atoms. The second-order valence-electron chi connectivity index (χ2n) is 11.6. The van der Waals surface area contributed by atoms with E-state index in [-0.39, 0.29) is 12.0 Å². The van der Waals surface area contributed by atoms with E-state index in [0.717, 1.165) is 42.2 Å². The minimum absolute atomic E-state index is 0.0470. The molecule has 0 spiro atoms. The van der Waals surface area contributed by atoms with Gasteiger partial charge in [-0.3, -0.25) is 0 Å². The van der Waals surface area contributed by atoms with Crippen LogP contribution in [0.4, 0.5) is 26.3 Å². The molecule has 0 radical (unpaired) electrons. The molecule has 0 aliphatic carbocycles. The second kappa shape index (κ2) is 18.5. The Bertz CT molecular complexity index is 1430. The first kappa shape index (κ1) is 38.4. The molecule has 0 aliphatic heterocycles. The Morgan fingerprint density at radius 2 is 1.19 bits per heavy atom. The summed E-state index contributed by atoms with van der Waals surface area (Å²) in [6.07, 6.45) is -4.23. The Hall–Kier alpha value is -4.02. The van der Waals surface area contributed by atoms with E-state index in [1.165, 1.54) is 37.8 Å². The zero-order valence-electron chi connectivity index (χ0n) is 27.2. The minimum atomic E-state index is -5.15. The predicted octanol–water partition coefficient (Wildman–Crippen LogP) is 11.4. The smallest absolute Gasteiger partial charge is 0.425 e. The maximum absolute atomic E-state index is 13.9. The van der Waals surface area contributed by atoms with Gasteiger partial charge in [-0.2, -0.15) is 26.3 Å². The number of unbranched alkanes of at least 4 members (excludes halogenated alkanes) is 8. The SMILES string of the molecule is CCCCCCCCOc1ccc(-c2ccc(C(=O)Oc3ccc(C(=O)OC(CCCCCC)C(F)(F)F)c(C(F)(F)F)c3)cc2)cc1. The normalized spacial score (nSPS) is 12.4. The number of ether oxygens (including phenoxy) is 3. The number of rotatable bonds is 18. The maximum atomic E-state index is 13.9. The lowest BCUT2D eigenvalue weighted by atomic mass is 10.0. The lowest BCUT2D eigenvalue weighted by molar-refractivity contribution is -0.206. The van der Waals surface area contributed by atoms with Crippen molar-refractivity contribution in [3.8, 4) is 22.6 Å². The number of hydrogen-bond donors (Lipinski definition) is 0. The molecule has 0 amide bonds. The number of halogens is 6. The summed E-state index contributed by atoms with van der Waals surface area (Å²) in [7, 11) is 0. The van der Waals surface area contributed by atoms with Gasteiger partial charge in [-0.1, -0.05) is 89.5 Å². The zero-order valence-corrected chi connectivity index (χ0v) is 27.2. The summed E-state index contributed by atoms with van der Waals surface area (Å²) in [6.45, 7) is 4.68. The molecule has 0 aliphatic rings. The highest BCUT2D eigenvalue weighted by Crippen LogP contribution is 2.36. The topological polar surface area (TPSA) is 61.8 Å². The lowest BCUT2D eigenvalue weighted by Crippen LogP contribution is -2.34. The van der Waals surface area contributed by atoms with Crippen LogP contribution in [0, 0.1) is 0 Å². The molecule has 3 aromatic carbocycles. The number of carbonyl (C=O) groups excluding carboxylic acids is 2. The van der Waals surface area contributed by atoms with E-state index in [0.29, 0.717) is 31.6 Å². The molecular weight excluding hydrogens is 638 g/mol. The van der Waals surface area contributed by atoms with Crippen LogP contribution in [0.5, 0.6) is 11.5 Å². The Morgan fingerprint density at radius 3 is 1.77 bits per heavy atom. The van der Waals surface area contributed by atoms with Crippen LogP contribution in [0.25, 0.3) is 11.1 Å². The molecule has 1 atom stereocenters. The van der Waals surface area contributed by atoms with Gasteiger partial charge in [0.2, 0.25) is 0 Å². The third-order valence-corrected chi connectivity index (χ3v) is 7.74. The van der Waals surface area contributed by atoms with Crippen molar-refractivity contribution < 1.29 is 50.1 Å². The first-order valence-corrected chi connectivity index (χ1v) is 16.4. The fourth-order valence-electron chi connectivity index (χ4n) is 5.02. The molecule has 0 N–H and O–H groups in total. The average Bonchev–Trinajstić information content (AvgIpc) is 3.05. The van der Waals surface area contributed by atoms with E-state index >= 15 is 0 Å². The largest absolute Gasteiger partial charge is 0.494 e. The van der Waals surface area contributed by atoms with E-state index in [9.17, 15) is 35.9 Å². The van der Waals surface area contributed by atoms with E-state index in [2.05, 4.69) is 11.7 Å². The molecule has 5 nitrogen and oxygen atoms in total. The summed E-state index contributed by atoms with van der Waals surface area (Å²) in [6, 6.07) is 15.6. The van der Waals surface area contributed by atoms with E-state index in [1.807, 2.05) is 31.2 Å². The summed E-state index contributed by atoms with van der Waals surface area (Å²) in [5.74, 6) is -2.54. The number of hydrogen-bond acceptors (Lipinski definition) is 5. The minimum Gasteiger partial charge on any atom is -0.494 e. The van der Waals surface area contributed by atoms with Crippen molar-refractivity contribution in [1.82, 2.24) is 0 Å². The van der Waals surface area contributed by atoms with Crippen LogP contribution >= 0.6 is 0 Å². The highest BCUT2D eigenvalue weighted by molar-refractivity contribution is 5.93. The standard InChI is InChI=1S/C37H42F6O5/c1-3-5-7-9-10-12-24-46-29-20-18-27(19-21-29)26-14-16-28(17-15-26)34(44)47-30-22-23-31(32(25-30)36(38,39)40)35(45)48-33(37(41,42)43)13-11-8-6-4-2/h14-23,25,33H,3-13,24H2,1-2H3. The molecule has 0 saturated heterocycles. The van der Waals surface area contributed by atoms with Crippen LogP contribution in [0.15, 0.2) is 66.7 Å². The molecule has 0 heterocycles. The highest BCUT2D eigenvalue weighted by atomic mass is 19.4. The number of esters is 2. The monoisotopic (exact) mass is 680 g/mol. The number of carbonyl (C=O) groups is 2. The Balaban J connectivity index is 1.64. The van der Waals surface area contributed by atoms with Crippen molar-refractivity contribution >= 4 is 11.9 Å². The van der Waals surface area contributed by atoms with Gasteiger partial charge < -0.3 is 14.2 Å². The quantitative estimate of drug-likeness (QED) is 0.0579. The Labute approximate surface area is 277 Å². The third-order valence-electron chi connectivity index (χ3n) is 7.74. The van der Waals surface area contributed by atoms with Crippen molar-refractivity contribution in [3.05, 3.63) is 83.4 Å². The van der Waals surface area contributed by atoms with E-state index in [4.69, 9.17) is 9.47 Å². The number of alkyl halides is 6. The Morgan fingerprint density at radius 1 is 0.646 bits per heavy atom. The molecule has 0 aromatic heterocycles. The van der Waals surface area contributed by atoms with Gasteiger partial charge in [0.25, 0.3) is 0 Å². The highest BCUT2D eigenvalue weighted by Gasteiger charge is 2.44. The van der Waals surface area contributed by atoms with Crippen LogP contribution in [0.3, 0.4) is 0 Å². The maximum Gasteiger partial charge on any atom is 0.425 e. The molecule has 3 rings (SSSR count). The van der Waals surface area contributed by atoms with Crippen LogP contribution in [0.2, 0.25) is 0 Å². The van der Waals surface area contributed by atoms with Gasteiger partial charge in [0.05, 0.1) is 23.3 Å². The van der Waals surface area contributed by atoms with Gasteiger partial charge in [0.1, 0.15) is 11.5 Å². The van der Waals surface area contributed by atoms with Crippen LogP contribution in [-0.2, 0) is 10.9 Å². The lowest BCUT2D eigenvalue weighted by Gasteiger charge is -2.22. The molecule has 0 bridgehead atoms. The van der Waals surface area contributed by atoms with Gasteiger partial charge in [-0.05, 0) is 72.9 Å². The van der Waals surface area contributed by atoms with Crippen molar-refractivity contribution in [3.63, 3.8) is 0 Å². The molecule has 1 unspecified atom stereocenters. The zero-order chi connectivity index (χ0) is 35.2. The summed E-state index contributed by atoms with van der Waals surface area (Å²) in [5, 5.41) is 0. The van der Waals surface area contributed by atoms with Crippen LogP contribution in [0.1, 0.15) is 111 Å². The molecule has 262 valence electrons. The first-order chi connectivity index (χ1) is 22.8. The third kappa shape index (κ3) is 12.2. The van der Waals surface area contributed by atoms with Crippen LogP contribution < -0.4 is 9.47 Å². The van der Waals surface area contributed by atoms with Gasteiger partial charge in [0, 0.05) is 0 Å². The predicted molar refractivity (Wildman–Crippen MR) is 171 cm³/mol. The van der Waals surface area contributed by atoms with Crippen molar-refractivity contribution in [1.29, 1.82) is 0 Å². The fraction of sp³-hybridized carbons (Fsp3) is 0.459. The molecular formula is C37H42F6O5. The fourth-order valence-corrected chi connectivity index (χ4v) is 5.02. The number of benzene rings is 3. The Kier molecular flexibility index (Phi) is 14.8. The van der Waals surface area contributed by atoms with Gasteiger partial charge in [-0.15, -0.1) is 0 Å². The summed E-state index contributed by atoms with van der Waals surface area (Å²) >= 11 is 0. The molecule has 0 saturated carbocycles. The summed E-state index contributed by atoms with van der Waals surface area (Å²) in [5.41, 5.74) is -1.02. The molecule has 0 fully saturated rings. The first-order valence-electron chi connectivity index (χ1n) is 16.4. The second-order valence-corrected chi connectivity index (χ2v) is 11.6. The van der Waals surface area contributed by atoms with Gasteiger partial charge in [0.15, 0.2) is 6.10 Å². The summed E-state index contributed by atoms with van der Waals surface area (Å²) < 4.78 is 97.5. The van der Waals surface area contributed by atoms with Gasteiger partial charge >= 0.3 is 24.3 Å². The molecule has 11 heteroatoms.